The number of allylic oxidation sites excluding steroid dienone is 1. The van der Waals surface area contributed by atoms with Crippen molar-refractivity contribution >= 4 is 34.5 Å². The van der Waals surface area contributed by atoms with E-state index in [0.29, 0.717) is 24.2 Å². The summed E-state index contributed by atoms with van der Waals surface area (Å²) in [7, 11) is 0. The van der Waals surface area contributed by atoms with Gasteiger partial charge < -0.3 is 4.74 Å². The third-order valence-electron chi connectivity index (χ3n) is 14.8. The topological polar surface area (TPSA) is 98.2 Å². The van der Waals surface area contributed by atoms with Gasteiger partial charge in [-0.15, -0.1) is 0 Å². The van der Waals surface area contributed by atoms with E-state index in [1.807, 2.05) is 24.3 Å². The Morgan fingerprint density at radius 3 is 2.38 bits per heavy atom. The largest absolute Gasteiger partial charge is 0.462 e. The van der Waals surface area contributed by atoms with Crippen LogP contribution >= 0.6 is 0 Å². The molecule has 5 aliphatic rings. The number of carbonyl (C=O) groups is 3. The second-order valence-electron chi connectivity index (χ2n) is 17.4. The van der Waals surface area contributed by atoms with Crippen molar-refractivity contribution in [1.29, 1.82) is 0 Å². The summed E-state index contributed by atoms with van der Waals surface area (Å²) in [6.45, 7) is 18.0. The van der Waals surface area contributed by atoms with Crippen LogP contribution in [0.2, 0.25) is 0 Å². The molecule has 7 rings (SSSR count). The highest BCUT2D eigenvalue weighted by Crippen LogP contribution is 2.76. The van der Waals surface area contributed by atoms with E-state index < -0.39 is 5.41 Å². The number of nitrogens with one attached hydrogen (secondary N) is 1. The molecule has 1 aromatic carbocycles. The highest BCUT2D eigenvalue weighted by atomic mass is 16.5. The zero-order valence-electron chi connectivity index (χ0n) is 29.7. The van der Waals surface area contributed by atoms with Gasteiger partial charge in [0.1, 0.15) is 6.10 Å². The first-order valence-corrected chi connectivity index (χ1v) is 18.1. The minimum Gasteiger partial charge on any atom is -0.462 e. The quantitative estimate of drug-likeness (QED) is 0.337. The predicted molar refractivity (Wildman–Crippen MR) is 183 cm³/mol. The number of fused-ring (bicyclic) bond motifs is 8. The molecule has 7 nitrogen and oxygen atoms in total. The first-order chi connectivity index (χ1) is 22.1. The van der Waals surface area contributed by atoms with Crippen molar-refractivity contribution in [2.45, 2.75) is 119 Å². The van der Waals surface area contributed by atoms with Crippen LogP contribution in [0.5, 0.6) is 0 Å². The molecule has 1 heterocycles. The lowest BCUT2D eigenvalue weighted by molar-refractivity contribution is -0.232. The number of esters is 1. The van der Waals surface area contributed by atoms with Crippen molar-refractivity contribution in [2.75, 3.05) is 5.32 Å². The van der Waals surface area contributed by atoms with Gasteiger partial charge in [0.15, 0.2) is 5.78 Å². The number of ether oxygens (including phenoxy) is 1. The molecule has 0 aliphatic heterocycles. The maximum Gasteiger partial charge on any atom is 0.302 e. The van der Waals surface area contributed by atoms with Crippen LogP contribution in [0.3, 0.4) is 0 Å². The molecule has 1 amide bonds. The van der Waals surface area contributed by atoms with Crippen molar-refractivity contribution in [3.63, 3.8) is 0 Å². The van der Waals surface area contributed by atoms with Crippen LogP contribution in [-0.4, -0.2) is 33.7 Å². The summed E-state index contributed by atoms with van der Waals surface area (Å²) < 4.78 is 5.93. The second kappa shape index (κ2) is 10.7. The van der Waals surface area contributed by atoms with Gasteiger partial charge in [-0.1, -0.05) is 66.7 Å². The molecule has 1 aromatic heterocycles. The fourth-order valence-electron chi connectivity index (χ4n) is 12.5. The molecule has 0 saturated heterocycles. The lowest BCUT2D eigenvalue weighted by Gasteiger charge is -2.72. The van der Waals surface area contributed by atoms with Crippen LogP contribution in [0.25, 0.3) is 10.9 Å². The Morgan fingerprint density at radius 2 is 1.66 bits per heavy atom. The molecule has 1 N–H and O–H groups in total. The normalized spacial score (nSPS) is 39.1. The number of hydrogen-bond acceptors (Lipinski definition) is 6. The number of rotatable bonds is 4. The van der Waals surface area contributed by atoms with Crippen molar-refractivity contribution < 1.29 is 19.1 Å². The number of para-hydroxylation sites is 1. The molecule has 2 aromatic rings. The van der Waals surface area contributed by atoms with E-state index in [1.54, 1.807) is 6.20 Å². The second-order valence-corrected chi connectivity index (χ2v) is 17.4. The Morgan fingerprint density at radius 1 is 0.915 bits per heavy atom. The third-order valence-corrected chi connectivity index (χ3v) is 14.8. The molecule has 5 aliphatic carbocycles. The van der Waals surface area contributed by atoms with E-state index in [0.717, 1.165) is 67.0 Å². The van der Waals surface area contributed by atoms with Gasteiger partial charge in [-0.05, 0) is 108 Å². The van der Waals surface area contributed by atoms with E-state index >= 15 is 0 Å². The first kappa shape index (κ1) is 32.5. The van der Waals surface area contributed by atoms with Crippen LogP contribution in [0.4, 0.5) is 5.95 Å². The van der Waals surface area contributed by atoms with E-state index in [2.05, 4.69) is 63.8 Å². The fraction of sp³-hybridized carbons (Fsp3) is 0.675. The van der Waals surface area contributed by atoms with Gasteiger partial charge in [0.2, 0.25) is 11.9 Å². The Hall–Kier alpha value is -3.09. The molecular formula is C40H53N3O4. The van der Waals surface area contributed by atoms with Gasteiger partial charge in [-0.2, -0.15) is 0 Å². The van der Waals surface area contributed by atoms with Crippen molar-refractivity contribution in [1.82, 2.24) is 9.97 Å². The lowest BCUT2D eigenvalue weighted by atomic mass is 9.33. The van der Waals surface area contributed by atoms with Crippen molar-refractivity contribution in [2.24, 2.45) is 50.7 Å². The van der Waals surface area contributed by atoms with Crippen LogP contribution in [-0.2, 0) is 19.1 Å². The first-order valence-electron chi connectivity index (χ1n) is 18.1. The van der Waals surface area contributed by atoms with Crippen LogP contribution in [0, 0.1) is 50.7 Å². The van der Waals surface area contributed by atoms with Gasteiger partial charge in [0, 0.05) is 30.3 Å². The number of ketones is 1. The SMILES string of the molecule is CC(=O)O[C@H]1CC[C@@]2(C)C(CC[C@]3(C)C2CCC2C4=C(C(C)C)C(=O)C[C@]4(C(=O)Nc4ncc5ccccc5n4)CC[C@]23C)C1(C)C. The van der Waals surface area contributed by atoms with Crippen LogP contribution in [0.1, 0.15) is 113 Å². The van der Waals surface area contributed by atoms with Gasteiger partial charge >= 0.3 is 5.97 Å². The molecular weight excluding hydrogens is 586 g/mol. The molecule has 0 radical (unpaired) electrons. The summed E-state index contributed by atoms with van der Waals surface area (Å²) in [4.78, 5) is 49.7. The Balaban J connectivity index is 1.25. The number of amides is 1. The molecule has 8 atom stereocenters. The van der Waals surface area contributed by atoms with E-state index in [1.165, 1.54) is 6.92 Å². The predicted octanol–water partition coefficient (Wildman–Crippen LogP) is 8.48. The third kappa shape index (κ3) is 4.46. The zero-order chi connectivity index (χ0) is 33.7. The molecule has 47 heavy (non-hydrogen) atoms. The number of aromatic nitrogens is 2. The zero-order valence-corrected chi connectivity index (χ0v) is 29.7. The highest BCUT2D eigenvalue weighted by Gasteiger charge is 2.71. The summed E-state index contributed by atoms with van der Waals surface area (Å²) in [6, 6.07) is 7.78. The monoisotopic (exact) mass is 639 g/mol. The minimum atomic E-state index is -0.857. The van der Waals surface area contributed by atoms with Crippen LogP contribution in [0.15, 0.2) is 41.6 Å². The van der Waals surface area contributed by atoms with E-state index in [4.69, 9.17) is 4.74 Å². The van der Waals surface area contributed by atoms with Crippen molar-refractivity contribution in [3.8, 4) is 0 Å². The summed E-state index contributed by atoms with van der Waals surface area (Å²) >= 11 is 0. The minimum absolute atomic E-state index is 0.0376. The summed E-state index contributed by atoms with van der Waals surface area (Å²) in [5.74, 6) is 1.38. The molecule has 3 unspecified atom stereocenters. The van der Waals surface area contributed by atoms with E-state index in [9.17, 15) is 14.4 Å². The van der Waals surface area contributed by atoms with Gasteiger partial charge in [0.05, 0.1) is 10.9 Å². The van der Waals surface area contributed by atoms with Crippen LogP contribution < -0.4 is 5.32 Å². The van der Waals surface area contributed by atoms with Crippen molar-refractivity contribution in [3.05, 3.63) is 41.6 Å². The number of carbonyl (C=O) groups excluding carboxylic acids is 3. The van der Waals surface area contributed by atoms with Gasteiger partial charge in [-0.25, -0.2) is 9.97 Å². The smallest absolute Gasteiger partial charge is 0.302 e. The number of benzene rings is 1. The molecule has 0 bridgehead atoms. The molecule has 4 fully saturated rings. The lowest BCUT2D eigenvalue weighted by Crippen LogP contribution is -2.66. The maximum absolute atomic E-state index is 14.6. The Bertz CT molecular complexity index is 1700. The summed E-state index contributed by atoms with van der Waals surface area (Å²) in [6.07, 6.45) is 9.81. The Labute approximate surface area is 280 Å². The van der Waals surface area contributed by atoms with Gasteiger partial charge in [-0.3, -0.25) is 19.7 Å². The molecule has 4 saturated carbocycles. The number of Topliss-reactive ketones (excluding diaryl/α,β-unsaturated/α-hetero) is 1. The molecule has 252 valence electrons. The number of hydrogen-bond donors (Lipinski definition) is 1. The number of anilines is 1. The van der Waals surface area contributed by atoms with E-state index in [-0.39, 0.29) is 63.7 Å². The Kier molecular flexibility index (Phi) is 7.39. The summed E-state index contributed by atoms with van der Waals surface area (Å²) in [5, 5.41) is 4.03. The molecule has 0 spiro atoms. The average molecular weight is 640 g/mol. The summed E-state index contributed by atoms with van der Waals surface area (Å²) in [5.41, 5.74) is 2.04. The molecule has 7 heteroatoms. The van der Waals surface area contributed by atoms with Gasteiger partial charge in [0.25, 0.3) is 0 Å². The highest BCUT2D eigenvalue weighted by molar-refractivity contribution is 6.09. The standard InChI is InChI=1S/C40H53N3O4/c1-23(2)32-28(45)21-40(34(46)43-35-41-22-25-11-9-10-12-27(25)42-35)20-19-38(7)26(33(32)40)13-14-30-37(6)17-16-31(47-24(3)44)36(4,5)29(37)15-18-39(30,38)8/h9-12,22-23,26,29-31H,13-21H2,1-8H3,(H,41,42,43,46)/t26?,29?,30?,31-,37-,38+,39+,40+/m0/s1. The maximum atomic E-state index is 14.6. The fourth-order valence-corrected chi connectivity index (χ4v) is 12.5. The average Bonchev–Trinajstić information content (AvgIpc) is 3.32. The number of nitrogens with zero attached hydrogens (tertiary/aromatic N) is 2.